The molecule has 2 rings (SSSR count). The number of aromatic carboxylic acids is 1. The molecule has 1 aromatic carbocycles. The molecule has 0 unspecified atom stereocenters. The minimum absolute atomic E-state index is 0.153. The molecule has 0 bridgehead atoms. The van der Waals surface area contributed by atoms with Crippen LogP contribution in [0.1, 0.15) is 27.4 Å². The maximum atomic E-state index is 13.6. The largest absolute Gasteiger partial charge is 0.475 e. The van der Waals surface area contributed by atoms with E-state index in [0.717, 1.165) is 6.07 Å². The van der Waals surface area contributed by atoms with Gasteiger partial charge in [0.1, 0.15) is 11.6 Å². The third-order valence-corrected chi connectivity index (χ3v) is 2.80. The molecule has 102 valence electrons. The predicted molar refractivity (Wildman–Crippen MR) is 68.8 cm³/mol. The molecule has 1 heterocycles. The number of aryl methyl sites for hydroxylation is 1. The van der Waals surface area contributed by atoms with Gasteiger partial charge in [-0.05, 0) is 31.2 Å². The van der Waals surface area contributed by atoms with Crippen molar-refractivity contribution in [3.63, 3.8) is 0 Å². The van der Waals surface area contributed by atoms with Crippen molar-refractivity contribution in [3.05, 3.63) is 52.7 Å². The lowest BCUT2D eigenvalue weighted by Crippen LogP contribution is -2.02. The van der Waals surface area contributed by atoms with Crippen LogP contribution in [0.15, 0.2) is 28.7 Å². The average Bonchev–Trinajstić information content (AvgIpc) is 2.79. The fraction of sp³-hybridized carbons (Fsp3) is 0.143. The molecule has 0 radical (unpaired) electrons. The number of nitriles is 1. The topological polar surface area (TPSA) is 86.3 Å². The van der Waals surface area contributed by atoms with Gasteiger partial charge < -0.3 is 14.8 Å². The summed E-state index contributed by atoms with van der Waals surface area (Å²) in [5, 5.41) is 20.3. The summed E-state index contributed by atoms with van der Waals surface area (Å²) in [5.41, 5.74) is 1.10. The number of carbonyl (C=O) groups is 1. The van der Waals surface area contributed by atoms with Crippen molar-refractivity contribution in [3.8, 4) is 6.07 Å². The smallest absolute Gasteiger partial charge is 0.371 e. The number of rotatable bonds is 4. The van der Waals surface area contributed by atoms with Gasteiger partial charge in [-0.25, -0.2) is 9.18 Å². The fourth-order valence-corrected chi connectivity index (χ4v) is 1.72. The second-order valence-electron chi connectivity index (χ2n) is 4.16. The molecule has 0 saturated heterocycles. The quantitative estimate of drug-likeness (QED) is 0.895. The molecule has 5 nitrogen and oxygen atoms in total. The molecule has 20 heavy (non-hydrogen) atoms. The monoisotopic (exact) mass is 274 g/mol. The van der Waals surface area contributed by atoms with Gasteiger partial charge in [-0.15, -0.1) is 0 Å². The summed E-state index contributed by atoms with van der Waals surface area (Å²) < 4.78 is 18.7. The van der Waals surface area contributed by atoms with Crippen molar-refractivity contribution in [1.82, 2.24) is 0 Å². The zero-order valence-electron chi connectivity index (χ0n) is 10.6. The fourth-order valence-electron chi connectivity index (χ4n) is 1.72. The van der Waals surface area contributed by atoms with E-state index in [0.29, 0.717) is 11.3 Å². The second kappa shape index (κ2) is 5.45. The van der Waals surface area contributed by atoms with Crippen LogP contribution in [0.4, 0.5) is 10.1 Å². The van der Waals surface area contributed by atoms with Gasteiger partial charge in [0.05, 0.1) is 17.3 Å². The van der Waals surface area contributed by atoms with Gasteiger partial charge in [-0.2, -0.15) is 5.26 Å². The number of carboxylic acid groups (broad SMARTS) is 1. The number of hydrogen-bond acceptors (Lipinski definition) is 4. The lowest BCUT2D eigenvalue weighted by atomic mass is 10.2. The highest BCUT2D eigenvalue weighted by Gasteiger charge is 2.13. The van der Waals surface area contributed by atoms with Crippen molar-refractivity contribution in [1.29, 1.82) is 5.26 Å². The first kappa shape index (κ1) is 13.6. The molecule has 0 atom stereocenters. The number of carboxylic acids is 1. The van der Waals surface area contributed by atoms with E-state index in [-0.39, 0.29) is 23.6 Å². The van der Waals surface area contributed by atoms with Crippen LogP contribution < -0.4 is 5.32 Å². The minimum Gasteiger partial charge on any atom is -0.475 e. The van der Waals surface area contributed by atoms with Gasteiger partial charge in [0.15, 0.2) is 0 Å². The van der Waals surface area contributed by atoms with Crippen molar-refractivity contribution in [2.24, 2.45) is 0 Å². The van der Waals surface area contributed by atoms with Crippen LogP contribution in [-0.2, 0) is 6.54 Å². The first-order chi connectivity index (χ1) is 9.51. The Morgan fingerprint density at radius 2 is 2.25 bits per heavy atom. The molecule has 2 N–H and O–H groups in total. The standard InChI is InChI=1S/C14H11FN2O3/c1-8-10(5-13(20-8)14(18)19)7-17-12-3-2-9(6-16)4-11(12)15/h2-5,17H,7H2,1H3,(H,18,19). The summed E-state index contributed by atoms with van der Waals surface area (Å²) in [6.45, 7) is 1.87. The Hall–Kier alpha value is -2.81. The molecular formula is C14H11FN2O3. The van der Waals surface area contributed by atoms with Crippen molar-refractivity contribution < 1.29 is 18.7 Å². The van der Waals surface area contributed by atoms with E-state index in [1.54, 1.807) is 6.92 Å². The summed E-state index contributed by atoms with van der Waals surface area (Å²) in [7, 11) is 0. The zero-order chi connectivity index (χ0) is 14.7. The number of benzene rings is 1. The van der Waals surface area contributed by atoms with E-state index in [1.807, 2.05) is 6.07 Å². The highest BCUT2D eigenvalue weighted by atomic mass is 19.1. The Kier molecular flexibility index (Phi) is 3.71. The van der Waals surface area contributed by atoms with Crippen LogP contribution in [-0.4, -0.2) is 11.1 Å². The van der Waals surface area contributed by atoms with Gasteiger partial charge in [-0.3, -0.25) is 0 Å². The number of nitrogens with one attached hydrogen (secondary N) is 1. The van der Waals surface area contributed by atoms with Crippen LogP contribution >= 0.6 is 0 Å². The van der Waals surface area contributed by atoms with E-state index < -0.39 is 11.8 Å². The second-order valence-corrected chi connectivity index (χ2v) is 4.16. The summed E-state index contributed by atoms with van der Waals surface area (Å²) in [6, 6.07) is 7.33. The lowest BCUT2D eigenvalue weighted by molar-refractivity contribution is 0.0661. The summed E-state index contributed by atoms with van der Waals surface area (Å²) >= 11 is 0. The predicted octanol–water partition coefficient (Wildman–Crippen LogP) is 2.91. The lowest BCUT2D eigenvalue weighted by Gasteiger charge is -2.06. The zero-order valence-corrected chi connectivity index (χ0v) is 10.6. The van der Waals surface area contributed by atoms with E-state index in [2.05, 4.69) is 5.32 Å². The molecule has 0 amide bonds. The molecule has 0 aliphatic carbocycles. The van der Waals surface area contributed by atoms with Crippen LogP contribution in [0.2, 0.25) is 0 Å². The normalized spacial score (nSPS) is 10.1. The van der Waals surface area contributed by atoms with Crippen molar-refractivity contribution >= 4 is 11.7 Å². The molecule has 6 heteroatoms. The van der Waals surface area contributed by atoms with Gasteiger partial charge in [0, 0.05) is 12.1 Å². The number of nitrogens with zero attached hydrogens (tertiary/aromatic N) is 1. The van der Waals surface area contributed by atoms with Gasteiger partial charge in [0.2, 0.25) is 5.76 Å². The summed E-state index contributed by atoms with van der Waals surface area (Å²) in [4.78, 5) is 10.8. The molecular weight excluding hydrogens is 263 g/mol. The highest BCUT2D eigenvalue weighted by molar-refractivity contribution is 5.84. The van der Waals surface area contributed by atoms with E-state index in [1.165, 1.54) is 18.2 Å². The number of halogens is 1. The number of anilines is 1. The molecule has 0 fully saturated rings. The summed E-state index contributed by atoms with van der Waals surface area (Å²) in [5.74, 6) is -1.38. The van der Waals surface area contributed by atoms with E-state index >= 15 is 0 Å². The number of furan rings is 1. The Morgan fingerprint density at radius 3 is 2.80 bits per heavy atom. The SMILES string of the molecule is Cc1oc(C(=O)O)cc1CNc1ccc(C#N)cc1F. The molecule has 0 aliphatic rings. The third-order valence-electron chi connectivity index (χ3n) is 2.80. The van der Waals surface area contributed by atoms with Crippen LogP contribution in [0.3, 0.4) is 0 Å². The van der Waals surface area contributed by atoms with E-state index in [9.17, 15) is 9.18 Å². The first-order valence-electron chi connectivity index (χ1n) is 5.77. The highest BCUT2D eigenvalue weighted by Crippen LogP contribution is 2.19. The van der Waals surface area contributed by atoms with Crippen LogP contribution in [0.5, 0.6) is 0 Å². The Balaban J connectivity index is 2.13. The number of hydrogen-bond donors (Lipinski definition) is 2. The van der Waals surface area contributed by atoms with Crippen molar-refractivity contribution in [2.45, 2.75) is 13.5 Å². The van der Waals surface area contributed by atoms with Crippen molar-refractivity contribution in [2.75, 3.05) is 5.32 Å². The maximum Gasteiger partial charge on any atom is 0.371 e. The molecule has 0 spiro atoms. The molecule has 1 aromatic heterocycles. The van der Waals surface area contributed by atoms with E-state index in [4.69, 9.17) is 14.8 Å². The Bertz CT molecular complexity index is 701. The van der Waals surface area contributed by atoms with Crippen LogP contribution in [0.25, 0.3) is 0 Å². The van der Waals surface area contributed by atoms with Gasteiger partial charge in [-0.1, -0.05) is 0 Å². The summed E-state index contributed by atoms with van der Waals surface area (Å²) in [6.07, 6.45) is 0. The average molecular weight is 274 g/mol. The molecule has 0 aliphatic heterocycles. The minimum atomic E-state index is -1.15. The maximum absolute atomic E-state index is 13.6. The van der Waals surface area contributed by atoms with Crippen LogP contribution in [0, 0.1) is 24.1 Å². The molecule has 2 aromatic rings. The van der Waals surface area contributed by atoms with Gasteiger partial charge >= 0.3 is 5.97 Å². The third kappa shape index (κ3) is 2.78. The molecule has 0 saturated carbocycles. The Labute approximate surface area is 114 Å². The Morgan fingerprint density at radius 1 is 1.50 bits per heavy atom. The van der Waals surface area contributed by atoms with Gasteiger partial charge in [0.25, 0.3) is 0 Å². The first-order valence-corrected chi connectivity index (χ1v) is 5.77.